The Kier molecular flexibility index (Phi) is 6.42. The summed E-state index contributed by atoms with van der Waals surface area (Å²) >= 11 is 0. The zero-order chi connectivity index (χ0) is 9.23. The molecular formula is C6H9N5O. The molecule has 0 aliphatic rings. The molecule has 0 radical (unpaired) electrons. The van der Waals surface area contributed by atoms with E-state index >= 15 is 0 Å². The number of nitrogens with zero attached hydrogens (tertiary/aromatic N) is 4. The summed E-state index contributed by atoms with van der Waals surface area (Å²) in [4.78, 5) is 9.77. The van der Waals surface area contributed by atoms with Gasteiger partial charge in [0.05, 0.1) is 17.4 Å². The highest BCUT2D eigenvalue weighted by molar-refractivity contribution is 4.74. The van der Waals surface area contributed by atoms with Crippen molar-refractivity contribution in [3.63, 3.8) is 0 Å². The fourth-order valence-electron chi connectivity index (χ4n) is 0.639. The molecule has 0 unspecified atom stereocenters. The van der Waals surface area contributed by atoms with Crippen LogP contribution in [0.25, 0.3) is 0 Å². The van der Waals surface area contributed by atoms with Crippen LogP contribution in [0, 0.1) is 27.6 Å². The van der Waals surface area contributed by atoms with Crippen molar-refractivity contribution in [1.29, 1.82) is 10.5 Å². The number of nitriles is 2. The first-order chi connectivity index (χ1) is 5.85. The lowest BCUT2D eigenvalue weighted by atomic mass is 10.4. The molecule has 0 saturated carbocycles. The lowest BCUT2D eigenvalue weighted by Gasteiger charge is -2.15. The normalized spacial score (nSPS) is 8.58. The van der Waals surface area contributed by atoms with E-state index < -0.39 is 0 Å². The van der Waals surface area contributed by atoms with Gasteiger partial charge in [-0.25, -0.2) is 10.5 Å². The fraction of sp³-hybridized carbons (Fsp3) is 0.667. The van der Waals surface area contributed by atoms with Gasteiger partial charge in [-0.2, -0.15) is 10.5 Å². The summed E-state index contributed by atoms with van der Waals surface area (Å²) in [5.74, 6) is 0. The van der Waals surface area contributed by atoms with Gasteiger partial charge in [-0.3, -0.25) is 0 Å². The van der Waals surface area contributed by atoms with Gasteiger partial charge in [0, 0.05) is 25.9 Å². The summed E-state index contributed by atoms with van der Waals surface area (Å²) in [6.45, 7) is 0.786. The van der Waals surface area contributed by atoms with E-state index in [4.69, 9.17) is 10.5 Å². The first-order valence-electron chi connectivity index (χ1n) is 3.42. The smallest absolute Gasteiger partial charge is 0.0658 e. The first-order valence-corrected chi connectivity index (χ1v) is 3.42. The average molecular weight is 167 g/mol. The molecule has 0 atom stereocenters. The molecule has 0 bridgehead atoms. The Morgan fingerprint density at radius 1 is 1.25 bits per heavy atom. The quantitative estimate of drug-likeness (QED) is 0.453. The molecule has 0 fully saturated rings. The van der Waals surface area contributed by atoms with Crippen LogP contribution in [0.5, 0.6) is 0 Å². The molecule has 6 heteroatoms. The summed E-state index contributed by atoms with van der Waals surface area (Å²) < 4.78 is 0. The Bertz CT molecular complexity index is 185. The van der Waals surface area contributed by atoms with Crippen LogP contribution >= 0.6 is 0 Å². The highest BCUT2D eigenvalue weighted by atomic mass is 16.3. The highest BCUT2D eigenvalue weighted by Crippen LogP contribution is 1.88. The van der Waals surface area contributed by atoms with Crippen molar-refractivity contribution in [3.8, 4) is 12.1 Å². The number of rotatable bonds is 6. The third-order valence-corrected chi connectivity index (χ3v) is 1.17. The van der Waals surface area contributed by atoms with E-state index in [9.17, 15) is 4.91 Å². The minimum absolute atomic E-state index is 0.300. The second-order valence-electron chi connectivity index (χ2n) is 1.99. The molecule has 0 amide bonds. The Morgan fingerprint density at radius 3 is 2.08 bits per heavy atom. The summed E-state index contributed by atoms with van der Waals surface area (Å²) in [6, 6.07) is 3.85. The van der Waals surface area contributed by atoms with Crippen molar-refractivity contribution in [2.45, 2.75) is 12.8 Å². The summed E-state index contributed by atoms with van der Waals surface area (Å²) in [6.07, 6.45) is 0.599. The van der Waals surface area contributed by atoms with Crippen molar-refractivity contribution < 1.29 is 0 Å². The largest absolute Gasteiger partial charge is 0.203 e. The van der Waals surface area contributed by atoms with Gasteiger partial charge in [0.25, 0.3) is 0 Å². The van der Waals surface area contributed by atoms with Crippen LogP contribution in [0.15, 0.2) is 5.29 Å². The molecule has 6 nitrogen and oxygen atoms in total. The molecule has 0 aromatic rings. The second kappa shape index (κ2) is 7.45. The third kappa shape index (κ3) is 5.15. The third-order valence-electron chi connectivity index (χ3n) is 1.17. The molecule has 64 valence electrons. The number of nitroso groups, excluding NO2 is 1. The predicted molar refractivity (Wildman–Crippen MR) is 41.0 cm³/mol. The lowest BCUT2D eigenvalue weighted by Crippen LogP contribution is -2.35. The molecule has 0 aliphatic carbocycles. The van der Waals surface area contributed by atoms with Crippen molar-refractivity contribution in [2.24, 2.45) is 5.29 Å². The van der Waals surface area contributed by atoms with Gasteiger partial charge in [0.2, 0.25) is 0 Å². The summed E-state index contributed by atoms with van der Waals surface area (Å²) in [5, 5.41) is 20.3. The lowest BCUT2D eigenvalue weighted by molar-refractivity contribution is 0.199. The molecule has 0 heterocycles. The molecule has 0 rings (SSSR count). The first kappa shape index (κ1) is 10.3. The molecule has 12 heavy (non-hydrogen) atoms. The van der Waals surface area contributed by atoms with Crippen molar-refractivity contribution in [1.82, 2.24) is 10.5 Å². The van der Waals surface area contributed by atoms with E-state index in [2.05, 4.69) is 10.8 Å². The van der Waals surface area contributed by atoms with Crippen LogP contribution < -0.4 is 5.53 Å². The highest BCUT2D eigenvalue weighted by Gasteiger charge is 2.01. The number of nitrogens with one attached hydrogen (secondary N) is 1. The Labute approximate surface area is 70.3 Å². The van der Waals surface area contributed by atoms with Crippen LogP contribution in [0.3, 0.4) is 0 Å². The summed E-state index contributed by atoms with van der Waals surface area (Å²) in [7, 11) is 0. The van der Waals surface area contributed by atoms with Crippen molar-refractivity contribution in [2.75, 3.05) is 13.1 Å². The Morgan fingerprint density at radius 2 is 1.75 bits per heavy atom. The topological polar surface area (TPSA) is 92.3 Å². The van der Waals surface area contributed by atoms with Gasteiger partial charge in [-0.1, -0.05) is 0 Å². The molecule has 0 aliphatic heterocycles. The second-order valence-corrected chi connectivity index (χ2v) is 1.99. The average Bonchev–Trinajstić information content (AvgIpc) is 2.10. The Hall–Kier alpha value is -1.66. The molecule has 0 aromatic heterocycles. The van der Waals surface area contributed by atoms with E-state index in [1.807, 2.05) is 12.1 Å². The maximum Gasteiger partial charge on any atom is 0.0658 e. The van der Waals surface area contributed by atoms with Gasteiger partial charge >= 0.3 is 0 Å². The van der Waals surface area contributed by atoms with Crippen LogP contribution in [0.4, 0.5) is 0 Å². The maximum absolute atomic E-state index is 9.77. The number of hydrogen-bond donors (Lipinski definition) is 1. The number of hydrazine groups is 1. The monoisotopic (exact) mass is 167 g/mol. The fourth-order valence-corrected chi connectivity index (χ4v) is 0.639. The molecule has 0 spiro atoms. The predicted octanol–water partition coefficient (Wildman–Crippen LogP) is 0.302. The zero-order valence-electron chi connectivity index (χ0n) is 6.53. The van der Waals surface area contributed by atoms with Crippen LogP contribution in [0.1, 0.15) is 12.8 Å². The van der Waals surface area contributed by atoms with Gasteiger partial charge in [0.15, 0.2) is 0 Å². The van der Waals surface area contributed by atoms with Gasteiger partial charge < -0.3 is 0 Å². The van der Waals surface area contributed by atoms with Gasteiger partial charge in [-0.15, -0.1) is 4.91 Å². The maximum atomic E-state index is 9.77. The van der Waals surface area contributed by atoms with E-state index in [-0.39, 0.29) is 0 Å². The van der Waals surface area contributed by atoms with E-state index in [1.165, 1.54) is 5.01 Å². The minimum Gasteiger partial charge on any atom is -0.203 e. The van der Waals surface area contributed by atoms with E-state index in [1.54, 1.807) is 0 Å². The molecular weight excluding hydrogens is 158 g/mol. The number of hydrogen-bond acceptors (Lipinski definition) is 5. The van der Waals surface area contributed by atoms with Crippen LogP contribution in [-0.2, 0) is 0 Å². The molecule has 0 aromatic carbocycles. The molecule has 1 N–H and O–H groups in total. The van der Waals surface area contributed by atoms with Crippen LogP contribution in [0.2, 0.25) is 0 Å². The van der Waals surface area contributed by atoms with Gasteiger partial charge in [0.1, 0.15) is 0 Å². The molecule has 0 saturated heterocycles. The van der Waals surface area contributed by atoms with Gasteiger partial charge in [-0.05, 0) is 0 Å². The van der Waals surface area contributed by atoms with E-state index in [0.29, 0.717) is 25.9 Å². The minimum atomic E-state index is 0.300. The SMILES string of the molecule is N#CCCN(CCC#N)NN=O. The zero-order valence-corrected chi connectivity index (χ0v) is 6.53. The van der Waals surface area contributed by atoms with Crippen LogP contribution in [-0.4, -0.2) is 18.1 Å². The standard InChI is InChI=1S/C6H9N5O/c7-3-1-5-11(9-10-12)6-2-4-8/h1-2,5-6H2,(H,9,12). The van der Waals surface area contributed by atoms with Crippen molar-refractivity contribution >= 4 is 0 Å². The van der Waals surface area contributed by atoms with E-state index in [0.717, 1.165) is 0 Å². The Balaban J connectivity index is 3.64. The van der Waals surface area contributed by atoms with Crippen molar-refractivity contribution in [3.05, 3.63) is 4.91 Å². The summed E-state index contributed by atoms with van der Waals surface area (Å²) in [5.41, 5.74) is 2.15.